The summed E-state index contributed by atoms with van der Waals surface area (Å²) in [5.41, 5.74) is 7.84. The van der Waals surface area contributed by atoms with Crippen LogP contribution in [0.1, 0.15) is 35.3 Å². The summed E-state index contributed by atoms with van der Waals surface area (Å²) in [4.78, 5) is 13.0. The van der Waals surface area contributed by atoms with Gasteiger partial charge in [0.05, 0.1) is 7.11 Å². The minimum Gasteiger partial charge on any atom is -0.497 e. The van der Waals surface area contributed by atoms with Gasteiger partial charge in [-0.15, -0.1) is 0 Å². The lowest BCUT2D eigenvalue weighted by molar-refractivity contribution is -0.133. The lowest BCUT2D eigenvalue weighted by Gasteiger charge is -2.19. The molecule has 1 amide bonds. The molecule has 178 valence electrons. The number of nitrogen functional groups attached to an aromatic ring is 1. The molecule has 0 aromatic heterocycles. The van der Waals surface area contributed by atoms with Crippen molar-refractivity contribution in [1.29, 1.82) is 5.41 Å². The molecule has 0 bridgehead atoms. The molecule has 0 fully saturated rings. The monoisotopic (exact) mass is 465 g/mol. The average molecular weight is 466 g/mol. The molecule has 8 heteroatoms. The lowest BCUT2D eigenvalue weighted by atomic mass is 10.1. The molecule has 3 aromatic rings. The van der Waals surface area contributed by atoms with Gasteiger partial charge >= 0.3 is 0 Å². The number of carbonyl (C=O) groups excluding carboxylic acids is 1. The molecule has 1 atom stereocenters. The number of benzene rings is 3. The maximum atomic E-state index is 14.6. The largest absolute Gasteiger partial charge is 0.497 e. The van der Waals surface area contributed by atoms with Crippen molar-refractivity contribution in [2.45, 2.75) is 26.5 Å². The van der Waals surface area contributed by atoms with Crippen molar-refractivity contribution >= 4 is 11.7 Å². The molecule has 34 heavy (non-hydrogen) atoms. The predicted molar refractivity (Wildman–Crippen MR) is 128 cm³/mol. The van der Waals surface area contributed by atoms with Crippen molar-refractivity contribution < 1.29 is 23.4 Å². The first-order chi connectivity index (χ1) is 16.3. The highest BCUT2D eigenvalue weighted by molar-refractivity contribution is 5.95. The van der Waals surface area contributed by atoms with Crippen molar-refractivity contribution in [1.82, 2.24) is 5.32 Å². The molecule has 3 aromatic carbocycles. The van der Waals surface area contributed by atoms with Gasteiger partial charge in [0.2, 0.25) is 0 Å². The van der Waals surface area contributed by atoms with Gasteiger partial charge in [-0.05, 0) is 43.7 Å². The Morgan fingerprint density at radius 3 is 2.53 bits per heavy atom. The van der Waals surface area contributed by atoms with E-state index >= 15 is 0 Å². The number of carbonyl (C=O) groups is 1. The van der Waals surface area contributed by atoms with Crippen molar-refractivity contribution in [2.24, 2.45) is 5.73 Å². The molecule has 0 saturated heterocycles. The number of ether oxygens (including phenoxy) is 3. The highest BCUT2D eigenvalue weighted by Crippen LogP contribution is 2.30. The van der Waals surface area contributed by atoms with Crippen LogP contribution >= 0.6 is 0 Å². The van der Waals surface area contributed by atoms with Crippen molar-refractivity contribution in [3.63, 3.8) is 0 Å². The zero-order valence-corrected chi connectivity index (χ0v) is 19.4. The molecule has 4 N–H and O–H groups in total. The van der Waals surface area contributed by atoms with Crippen LogP contribution in [-0.4, -0.2) is 25.5 Å². The second-order valence-electron chi connectivity index (χ2n) is 7.54. The van der Waals surface area contributed by atoms with Crippen LogP contribution < -0.4 is 20.5 Å². The van der Waals surface area contributed by atoms with E-state index in [0.29, 0.717) is 28.4 Å². The fraction of sp³-hybridized carbons (Fsp3) is 0.231. The summed E-state index contributed by atoms with van der Waals surface area (Å²) in [5, 5.41) is 10.5. The van der Waals surface area contributed by atoms with Crippen LogP contribution in [0, 0.1) is 18.2 Å². The summed E-state index contributed by atoms with van der Waals surface area (Å²) in [5.74, 6) is 0.247. The van der Waals surface area contributed by atoms with Gasteiger partial charge in [-0.25, -0.2) is 4.39 Å². The van der Waals surface area contributed by atoms with Crippen LogP contribution in [0.3, 0.4) is 0 Å². The number of nitrogens with two attached hydrogens (primary N) is 1. The Morgan fingerprint density at radius 1 is 1.12 bits per heavy atom. The predicted octanol–water partition coefficient (Wildman–Crippen LogP) is 4.61. The molecule has 7 nitrogen and oxygen atoms in total. The van der Waals surface area contributed by atoms with E-state index in [0.717, 1.165) is 5.56 Å². The van der Waals surface area contributed by atoms with E-state index in [1.807, 2.05) is 31.2 Å². The number of hydrogen-bond acceptors (Lipinski definition) is 5. The Morgan fingerprint density at radius 2 is 1.88 bits per heavy atom. The van der Waals surface area contributed by atoms with Gasteiger partial charge < -0.3 is 25.3 Å². The molecule has 0 spiro atoms. The van der Waals surface area contributed by atoms with Gasteiger partial charge in [-0.2, -0.15) is 0 Å². The minimum atomic E-state index is -1.13. The second kappa shape index (κ2) is 11.3. The quantitative estimate of drug-likeness (QED) is 0.299. The van der Waals surface area contributed by atoms with Gasteiger partial charge in [-0.1, -0.05) is 30.3 Å². The zero-order valence-electron chi connectivity index (χ0n) is 19.4. The maximum Gasteiger partial charge on any atom is 0.254 e. The summed E-state index contributed by atoms with van der Waals surface area (Å²) in [6, 6.07) is 16.8. The molecule has 3 rings (SSSR count). The van der Waals surface area contributed by atoms with Crippen LogP contribution in [0.15, 0.2) is 60.7 Å². The fourth-order valence-electron chi connectivity index (χ4n) is 3.35. The Balaban J connectivity index is 1.84. The van der Waals surface area contributed by atoms with E-state index in [1.165, 1.54) is 19.2 Å². The van der Waals surface area contributed by atoms with Crippen LogP contribution in [-0.2, 0) is 16.1 Å². The fourth-order valence-corrected chi connectivity index (χ4v) is 3.35. The minimum absolute atomic E-state index is 0.0968. The lowest BCUT2D eigenvalue weighted by Crippen LogP contribution is -2.31. The maximum absolute atomic E-state index is 14.6. The first-order valence-electron chi connectivity index (χ1n) is 10.8. The molecule has 1 unspecified atom stereocenters. The summed E-state index contributed by atoms with van der Waals surface area (Å²) in [7, 11) is 1.44. The van der Waals surface area contributed by atoms with Gasteiger partial charge in [0.15, 0.2) is 6.10 Å². The van der Waals surface area contributed by atoms with E-state index in [4.69, 9.17) is 25.4 Å². The third-order valence-corrected chi connectivity index (χ3v) is 5.21. The normalized spacial score (nSPS) is 11.5. The van der Waals surface area contributed by atoms with Crippen LogP contribution in [0.25, 0.3) is 0 Å². The number of amidine groups is 1. The number of rotatable bonds is 10. The van der Waals surface area contributed by atoms with E-state index in [9.17, 15) is 9.18 Å². The smallest absolute Gasteiger partial charge is 0.254 e. The van der Waals surface area contributed by atoms with E-state index in [2.05, 4.69) is 5.32 Å². The molecule has 0 aliphatic heterocycles. The van der Waals surface area contributed by atoms with Gasteiger partial charge in [0.1, 0.15) is 28.9 Å². The first-order valence-corrected chi connectivity index (χ1v) is 10.8. The van der Waals surface area contributed by atoms with Crippen LogP contribution in [0.2, 0.25) is 0 Å². The molecule has 0 aliphatic carbocycles. The van der Waals surface area contributed by atoms with Gasteiger partial charge in [0, 0.05) is 35.9 Å². The van der Waals surface area contributed by atoms with E-state index < -0.39 is 17.8 Å². The SMILES string of the molecule is CCOC(C(=O)NCc1ccc(C(=N)N)cc1Oc1ccccc1C)c1ccc(OC)cc1F. The number of methoxy groups -OCH3 is 1. The second-order valence-corrected chi connectivity index (χ2v) is 7.54. The van der Waals surface area contributed by atoms with Crippen molar-refractivity contribution in [3.05, 3.63) is 88.7 Å². The molecular weight excluding hydrogens is 437 g/mol. The zero-order chi connectivity index (χ0) is 24.7. The standard InChI is InChI=1S/C26H28FN3O4/c1-4-33-24(20-12-11-19(32-3)14-21(20)27)26(31)30-15-18-10-9-17(25(28)29)13-23(18)34-22-8-6-5-7-16(22)2/h5-14,24H,4,15H2,1-3H3,(H3,28,29)(H,30,31). The Kier molecular flexibility index (Phi) is 8.21. The van der Waals surface area contributed by atoms with Gasteiger partial charge in [-0.3, -0.25) is 10.2 Å². The first kappa shape index (κ1) is 24.7. The molecule has 0 aliphatic rings. The number of nitrogens with one attached hydrogen (secondary N) is 2. The summed E-state index contributed by atoms with van der Waals surface area (Å²) in [6.07, 6.45) is -1.13. The van der Waals surface area contributed by atoms with Crippen LogP contribution in [0.4, 0.5) is 4.39 Å². The molecule has 0 saturated carbocycles. The number of amides is 1. The third kappa shape index (κ3) is 5.90. The van der Waals surface area contributed by atoms with Crippen LogP contribution in [0.5, 0.6) is 17.2 Å². The summed E-state index contributed by atoms with van der Waals surface area (Å²) < 4.78 is 31.3. The Bertz CT molecular complexity index is 1180. The summed E-state index contributed by atoms with van der Waals surface area (Å²) in [6.45, 7) is 3.97. The van der Waals surface area contributed by atoms with Crippen molar-refractivity contribution in [3.8, 4) is 17.2 Å². The Labute approximate surface area is 198 Å². The average Bonchev–Trinajstić information content (AvgIpc) is 2.83. The highest BCUT2D eigenvalue weighted by Gasteiger charge is 2.25. The molecular formula is C26H28FN3O4. The van der Waals surface area contributed by atoms with Crippen molar-refractivity contribution in [2.75, 3.05) is 13.7 Å². The summed E-state index contributed by atoms with van der Waals surface area (Å²) >= 11 is 0. The molecule has 0 radical (unpaired) electrons. The number of aryl methyl sites for hydroxylation is 1. The molecule has 0 heterocycles. The number of halogens is 1. The Hall–Kier alpha value is -3.91. The number of hydrogen-bond donors (Lipinski definition) is 3. The highest BCUT2D eigenvalue weighted by atomic mass is 19.1. The number of para-hydroxylation sites is 1. The topological polar surface area (TPSA) is 107 Å². The van der Waals surface area contributed by atoms with E-state index in [1.54, 1.807) is 31.2 Å². The van der Waals surface area contributed by atoms with Gasteiger partial charge in [0.25, 0.3) is 5.91 Å². The third-order valence-electron chi connectivity index (χ3n) is 5.21. The van der Waals surface area contributed by atoms with E-state index in [-0.39, 0.29) is 24.6 Å².